The molecule has 0 bridgehead atoms. The minimum Gasteiger partial charge on any atom is -0.371 e. The van der Waals surface area contributed by atoms with Crippen molar-refractivity contribution in [3.63, 3.8) is 0 Å². The summed E-state index contributed by atoms with van der Waals surface area (Å²) in [7, 11) is 0. The van der Waals surface area contributed by atoms with Crippen LogP contribution in [0.15, 0.2) is 36.0 Å². The lowest BCUT2D eigenvalue weighted by atomic mass is 9.49. The van der Waals surface area contributed by atoms with E-state index < -0.39 is 0 Å². The molecular formula is C21H30O4. The van der Waals surface area contributed by atoms with Gasteiger partial charge in [-0.05, 0) is 43.4 Å². The maximum atomic E-state index is 9.22. The number of hydrogen-bond acceptors (Lipinski definition) is 4. The number of aliphatic hydroxyl groups excluding tert-OH is 2. The first-order valence-corrected chi connectivity index (χ1v) is 9.55. The summed E-state index contributed by atoms with van der Waals surface area (Å²) in [4.78, 5) is 0. The van der Waals surface area contributed by atoms with Gasteiger partial charge in [-0.25, -0.2) is 0 Å². The maximum absolute atomic E-state index is 9.22. The van der Waals surface area contributed by atoms with Crippen LogP contribution in [-0.4, -0.2) is 36.0 Å². The third kappa shape index (κ3) is 2.57. The highest BCUT2D eigenvalue weighted by Gasteiger charge is 2.56. The molecule has 4 aliphatic carbocycles. The summed E-state index contributed by atoms with van der Waals surface area (Å²) in [5.41, 5.74) is 1.68. The molecule has 0 aromatic carbocycles. The lowest BCUT2D eigenvalue weighted by Crippen LogP contribution is -2.50. The fraction of sp³-hybridized carbons (Fsp3) is 0.714. The Hall–Kier alpha value is -0.940. The molecule has 7 atom stereocenters. The Morgan fingerprint density at radius 2 is 1.92 bits per heavy atom. The predicted octanol–water partition coefficient (Wildman–Crippen LogP) is 3.17. The van der Waals surface area contributed by atoms with Crippen molar-refractivity contribution in [1.29, 1.82) is 0 Å². The van der Waals surface area contributed by atoms with E-state index in [9.17, 15) is 5.11 Å². The summed E-state index contributed by atoms with van der Waals surface area (Å²) < 4.78 is 11.0. The Kier molecular flexibility index (Phi) is 4.43. The quantitative estimate of drug-likeness (QED) is 0.606. The lowest BCUT2D eigenvalue weighted by molar-refractivity contribution is -0.113. The standard InChI is InChI=1S/C21H30O4/c1-20-9-7-15(24-12-22)11-14(20)3-4-16-17-5-6-19(25-13-23)21(17,2)10-8-18(16)20/h3,5-7,9,15-19,22-23H,4,8,10-13H2,1-2H3/t15-,16-,17-,18-,19-,20-,21-/m0/s1. The number of ether oxygens (including phenoxy) is 2. The van der Waals surface area contributed by atoms with Gasteiger partial charge in [-0.2, -0.15) is 0 Å². The molecule has 138 valence electrons. The average molecular weight is 346 g/mol. The van der Waals surface area contributed by atoms with Gasteiger partial charge < -0.3 is 19.7 Å². The van der Waals surface area contributed by atoms with Crippen LogP contribution in [0.5, 0.6) is 0 Å². The normalized spacial score (nSPS) is 47.8. The molecule has 0 aromatic rings. The monoisotopic (exact) mass is 346 g/mol. The van der Waals surface area contributed by atoms with Crippen LogP contribution in [0.3, 0.4) is 0 Å². The van der Waals surface area contributed by atoms with Crippen LogP contribution in [0.25, 0.3) is 0 Å². The van der Waals surface area contributed by atoms with Crippen molar-refractivity contribution in [3.8, 4) is 0 Å². The van der Waals surface area contributed by atoms with Gasteiger partial charge in [0, 0.05) is 10.8 Å². The molecule has 0 saturated heterocycles. The van der Waals surface area contributed by atoms with Gasteiger partial charge in [-0.15, -0.1) is 0 Å². The van der Waals surface area contributed by atoms with E-state index in [2.05, 4.69) is 44.2 Å². The van der Waals surface area contributed by atoms with Gasteiger partial charge in [0.15, 0.2) is 0 Å². The zero-order valence-electron chi connectivity index (χ0n) is 15.2. The topological polar surface area (TPSA) is 58.9 Å². The molecule has 0 heterocycles. The number of aliphatic hydroxyl groups is 2. The fourth-order valence-electron chi connectivity index (χ4n) is 6.18. The second-order valence-electron chi connectivity index (χ2n) is 8.59. The first-order chi connectivity index (χ1) is 12.0. The van der Waals surface area contributed by atoms with Crippen LogP contribution >= 0.6 is 0 Å². The van der Waals surface area contributed by atoms with Gasteiger partial charge in [-0.1, -0.05) is 49.8 Å². The molecule has 0 unspecified atom stereocenters. The molecule has 0 spiro atoms. The smallest absolute Gasteiger partial charge is 0.144 e. The number of hydrogen-bond donors (Lipinski definition) is 2. The van der Waals surface area contributed by atoms with Crippen LogP contribution in [0.1, 0.15) is 39.5 Å². The highest BCUT2D eigenvalue weighted by molar-refractivity contribution is 5.34. The average Bonchev–Trinajstić information content (AvgIpc) is 2.93. The number of rotatable bonds is 4. The Bertz CT molecular complexity index is 609. The van der Waals surface area contributed by atoms with Crippen molar-refractivity contribution < 1.29 is 19.7 Å². The molecule has 2 N–H and O–H groups in total. The third-order valence-corrected chi connectivity index (χ3v) is 7.60. The Morgan fingerprint density at radius 1 is 1.12 bits per heavy atom. The van der Waals surface area contributed by atoms with Crippen LogP contribution in [-0.2, 0) is 9.47 Å². The van der Waals surface area contributed by atoms with E-state index in [4.69, 9.17) is 14.6 Å². The molecule has 0 amide bonds. The largest absolute Gasteiger partial charge is 0.371 e. The van der Waals surface area contributed by atoms with Gasteiger partial charge in [0.2, 0.25) is 0 Å². The second kappa shape index (κ2) is 6.34. The zero-order valence-corrected chi connectivity index (χ0v) is 15.2. The summed E-state index contributed by atoms with van der Waals surface area (Å²) in [5, 5.41) is 18.3. The van der Waals surface area contributed by atoms with Crippen molar-refractivity contribution in [3.05, 3.63) is 36.0 Å². The fourth-order valence-corrected chi connectivity index (χ4v) is 6.18. The highest BCUT2D eigenvalue weighted by atomic mass is 16.6. The van der Waals surface area contributed by atoms with Crippen LogP contribution in [0, 0.1) is 28.6 Å². The molecule has 4 nitrogen and oxygen atoms in total. The van der Waals surface area contributed by atoms with Crippen LogP contribution in [0.2, 0.25) is 0 Å². The molecule has 1 fully saturated rings. The van der Waals surface area contributed by atoms with Crippen molar-refractivity contribution in [1.82, 2.24) is 0 Å². The van der Waals surface area contributed by atoms with E-state index in [1.165, 1.54) is 12.0 Å². The Morgan fingerprint density at radius 3 is 2.68 bits per heavy atom. The molecule has 4 aliphatic rings. The first kappa shape index (κ1) is 17.5. The van der Waals surface area contributed by atoms with Crippen LogP contribution in [0.4, 0.5) is 0 Å². The molecule has 0 radical (unpaired) electrons. The lowest BCUT2D eigenvalue weighted by Gasteiger charge is -2.56. The van der Waals surface area contributed by atoms with Crippen molar-refractivity contribution in [2.24, 2.45) is 28.6 Å². The first-order valence-electron chi connectivity index (χ1n) is 9.55. The second-order valence-corrected chi connectivity index (χ2v) is 8.59. The summed E-state index contributed by atoms with van der Waals surface area (Å²) in [6.45, 7) is 4.28. The van der Waals surface area contributed by atoms with Gasteiger partial charge in [0.1, 0.15) is 13.6 Å². The van der Waals surface area contributed by atoms with E-state index in [-0.39, 0.29) is 36.6 Å². The van der Waals surface area contributed by atoms with E-state index in [0.717, 1.165) is 19.3 Å². The van der Waals surface area contributed by atoms with Gasteiger partial charge in [0.05, 0.1) is 12.2 Å². The van der Waals surface area contributed by atoms with Gasteiger partial charge in [0.25, 0.3) is 0 Å². The van der Waals surface area contributed by atoms with Crippen LogP contribution < -0.4 is 0 Å². The summed E-state index contributed by atoms with van der Waals surface area (Å²) in [6, 6.07) is 0. The molecular weight excluding hydrogens is 316 g/mol. The molecule has 0 aromatic heterocycles. The molecule has 1 saturated carbocycles. The zero-order chi connectivity index (χ0) is 17.7. The van der Waals surface area contributed by atoms with E-state index in [1.807, 2.05) is 0 Å². The summed E-state index contributed by atoms with van der Waals surface area (Å²) in [5.74, 6) is 1.77. The Balaban J connectivity index is 1.61. The maximum Gasteiger partial charge on any atom is 0.144 e. The third-order valence-electron chi connectivity index (χ3n) is 7.60. The van der Waals surface area contributed by atoms with Crippen molar-refractivity contribution in [2.75, 3.05) is 13.6 Å². The van der Waals surface area contributed by atoms with E-state index in [1.54, 1.807) is 0 Å². The number of fused-ring (bicyclic) bond motifs is 5. The van der Waals surface area contributed by atoms with Gasteiger partial charge >= 0.3 is 0 Å². The van der Waals surface area contributed by atoms with Crippen molar-refractivity contribution >= 4 is 0 Å². The molecule has 25 heavy (non-hydrogen) atoms. The molecule has 4 rings (SSSR count). The minimum atomic E-state index is -0.220. The minimum absolute atomic E-state index is 0.00319. The van der Waals surface area contributed by atoms with E-state index >= 15 is 0 Å². The summed E-state index contributed by atoms with van der Waals surface area (Å²) >= 11 is 0. The Labute approximate surface area is 150 Å². The van der Waals surface area contributed by atoms with Crippen molar-refractivity contribution in [2.45, 2.75) is 51.7 Å². The SMILES string of the molecule is C[C@]12CC[C@H]3[C@@H](CC=C4C[C@@H](OCO)C=C[C@@]43C)[C@@H]1C=C[C@@H]2OCO. The van der Waals surface area contributed by atoms with E-state index in [0.29, 0.717) is 17.8 Å². The van der Waals surface area contributed by atoms with Gasteiger partial charge in [-0.3, -0.25) is 0 Å². The highest BCUT2D eigenvalue weighted by Crippen LogP contribution is 2.62. The molecule has 4 heteroatoms. The predicted molar refractivity (Wildman–Crippen MR) is 95.4 cm³/mol. The summed E-state index contributed by atoms with van der Waals surface area (Å²) in [6.07, 6.45) is 15.8. The molecule has 0 aliphatic heterocycles. The number of allylic oxidation sites excluding steroid dienone is 3.